The van der Waals surface area contributed by atoms with Crippen LogP contribution in [0.3, 0.4) is 0 Å². The minimum Gasteiger partial charge on any atom is -0.352 e. The Balaban J connectivity index is 1.32. The van der Waals surface area contributed by atoms with E-state index in [9.17, 15) is 0 Å². The van der Waals surface area contributed by atoms with Crippen molar-refractivity contribution < 1.29 is 0 Å². The predicted molar refractivity (Wildman–Crippen MR) is 107 cm³/mol. The smallest absolute Gasteiger partial charge is 0.0650 e. The molecule has 0 aromatic heterocycles. The quantitative estimate of drug-likeness (QED) is 0.670. The molecule has 0 aliphatic carbocycles. The summed E-state index contributed by atoms with van der Waals surface area (Å²) in [4.78, 5) is 5.12. The lowest BCUT2D eigenvalue weighted by molar-refractivity contribution is 0.328. The van der Waals surface area contributed by atoms with E-state index in [2.05, 4.69) is 63.6 Å². The molecule has 0 bridgehead atoms. The van der Waals surface area contributed by atoms with E-state index in [0.29, 0.717) is 0 Å². The molecule has 0 amide bonds. The Morgan fingerprint density at radius 1 is 0.680 bits per heavy atom. The minimum absolute atomic E-state index is 1.10. The molecular weight excluding hydrogens is 306 g/mol. The maximum Gasteiger partial charge on any atom is 0.0650 e. The van der Waals surface area contributed by atoms with Gasteiger partial charge >= 0.3 is 0 Å². The Kier molecular flexibility index (Phi) is 5.22. The first-order chi connectivity index (χ1) is 12.4. The van der Waals surface area contributed by atoms with Gasteiger partial charge in [-0.3, -0.25) is 0 Å². The molecule has 3 heteroatoms. The molecule has 0 spiro atoms. The van der Waals surface area contributed by atoms with Crippen molar-refractivity contribution in [3.63, 3.8) is 0 Å². The summed E-state index contributed by atoms with van der Waals surface area (Å²) in [7, 11) is 0. The van der Waals surface area contributed by atoms with Crippen LogP contribution < -0.4 is 10.2 Å². The molecule has 0 unspecified atom stereocenters. The summed E-state index contributed by atoms with van der Waals surface area (Å²) in [6.45, 7) is 5.06. The third kappa shape index (κ3) is 3.82. The summed E-state index contributed by atoms with van der Waals surface area (Å²) < 4.78 is 0. The molecule has 2 aliphatic heterocycles. The number of benzene rings is 2. The van der Waals surface area contributed by atoms with Gasteiger partial charge in [0.2, 0.25) is 0 Å². The fourth-order valence-electron chi connectivity index (χ4n) is 4.11. The molecule has 132 valence electrons. The van der Waals surface area contributed by atoms with Gasteiger partial charge in [-0.2, -0.15) is 0 Å². The maximum absolute atomic E-state index is 3.57. The minimum atomic E-state index is 1.10. The van der Waals surface area contributed by atoms with E-state index in [1.54, 1.807) is 0 Å². The number of likely N-dealkylation sites (tertiary alicyclic amines) is 1. The average Bonchev–Trinajstić information content (AvgIpc) is 3.17. The van der Waals surface area contributed by atoms with Crippen LogP contribution in [0.25, 0.3) is 0 Å². The van der Waals surface area contributed by atoms with Crippen LogP contribution in [0.2, 0.25) is 0 Å². The zero-order chi connectivity index (χ0) is 16.9. The summed E-state index contributed by atoms with van der Waals surface area (Å²) in [6.07, 6.45) is 8.09. The van der Waals surface area contributed by atoms with Crippen LogP contribution in [0.1, 0.15) is 38.5 Å². The molecule has 2 aromatic carbocycles. The fourth-order valence-corrected chi connectivity index (χ4v) is 4.11. The van der Waals surface area contributed by atoms with Crippen LogP contribution in [0.15, 0.2) is 48.5 Å². The monoisotopic (exact) mass is 335 g/mol. The van der Waals surface area contributed by atoms with Crippen molar-refractivity contribution in [2.75, 3.05) is 36.4 Å². The van der Waals surface area contributed by atoms with Crippen molar-refractivity contribution >= 4 is 22.7 Å². The highest BCUT2D eigenvalue weighted by Gasteiger charge is 2.21. The van der Waals surface area contributed by atoms with E-state index in [4.69, 9.17) is 0 Å². The summed E-state index contributed by atoms with van der Waals surface area (Å²) in [5.41, 5.74) is 5.04. The first kappa shape index (κ1) is 16.5. The average molecular weight is 335 g/mol. The summed E-state index contributed by atoms with van der Waals surface area (Å²) in [6, 6.07) is 17.3. The molecule has 25 heavy (non-hydrogen) atoms. The SMILES string of the molecule is c1ccc2c(c1)Nc1ccccc1N2CCCCCCN1CCCC1. The van der Waals surface area contributed by atoms with Gasteiger partial charge in [-0.05, 0) is 69.6 Å². The number of fused-ring (bicyclic) bond motifs is 2. The number of rotatable bonds is 7. The topological polar surface area (TPSA) is 18.5 Å². The zero-order valence-electron chi connectivity index (χ0n) is 15.1. The highest BCUT2D eigenvalue weighted by molar-refractivity contribution is 5.91. The molecule has 2 aliphatic rings. The van der Waals surface area contributed by atoms with Gasteiger partial charge in [0.15, 0.2) is 0 Å². The molecule has 4 rings (SSSR count). The Hall–Kier alpha value is -2.00. The molecule has 0 radical (unpaired) electrons. The van der Waals surface area contributed by atoms with Gasteiger partial charge in [0.25, 0.3) is 0 Å². The molecule has 2 aromatic rings. The number of nitrogens with zero attached hydrogens (tertiary/aromatic N) is 2. The standard InChI is InChI=1S/C22H29N3/c1(7-15-24-16-9-10-17-24)2-8-18-25-21-13-5-3-11-19(21)23-20-12-4-6-14-22(20)25/h3-6,11-14,23H,1-2,7-10,15-18H2. The number of unbranched alkanes of at least 4 members (excludes halogenated alkanes) is 3. The Bertz CT molecular complexity index is 646. The zero-order valence-corrected chi connectivity index (χ0v) is 15.1. The van der Waals surface area contributed by atoms with Crippen molar-refractivity contribution in [1.29, 1.82) is 0 Å². The molecular formula is C22H29N3. The number of anilines is 4. The summed E-state index contributed by atoms with van der Waals surface area (Å²) >= 11 is 0. The van der Waals surface area contributed by atoms with Crippen molar-refractivity contribution in [2.24, 2.45) is 0 Å². The summed E-state index contributed by atoms with van der Waals surface area (Å²) in [5.74, 6) is 0. The second-order valence-corrected chi connectivity index (χ2v) is 7.27. The first-order valence-electron chi connectivity index (χ1n) is 9.87. The van der Waals surface area contributed by atoms with E-state index in [1.807, 2.05) is 0 Å². The number of para-hydroxylation sites is 4. The predicted octanol–water partition coefficient (Wildman–Crippen LogP) is 5.54. The van der Waals surface area contributed by atoms with Crippen LogP contribution in [-0.4, -0.2) is 31.1 Å². The van der Waals surface area contributed by atoms with E-state index >= 15 is 0 Å². The van der Waals surface area contributed by atoms with E-state index in [1.165, 1.54) is 80.9 Å². The number of hydrogen-bond acceptors (Lipinski definition) is 3. The molecule has 2 heterocycles. The Labute approximate surface area is 151 Å². The molecule has 0 atom stereocenters. The van der Waals surface area contributed by atoms with Crippen molar-refractivity contribution in [2.45, 2.75) is 38.5 Å². The molecule has 0 saturated carbocycles. The highest BCUT2D eigenvalue weighted by Crippen LogP contribution is 2.43. The van der Waals surface area contributed by atoms with Crippen LogP contribution in [0.5, 0.6) is 0 Å². The van der Waals surface area contributed by atoms with E-state index < -0.39 is 0 Å². The molecule has 1 saturated heterocycles. The van der Waals surface area contributed by atoms with Crippen molar-refractivity contribution in [1.82, 2.24) is 4.90 Å². The third-order valence-electron chi connectivity index (χ3n) is 5.46. The molecule has 3 nitrogen and oxygen atoms in total. The second-order valence-electron chi connectivity index (χ2n) is 7.27. The van der Waals surface area contributed by atoms with Gasteiger partial charge < -0.3 is 15.1 Å². The van der Waals surface area contributed by atoms with Gasteiger partial charge in [0.05, 0.1) is 22.7 Å². The lowest BCUT2D eigenvalue weighted by atomic mass is 10.1. The lowest BCUT2D eigenvalue weighted by Gasteiger charge is -2.34. The summed E-state index contributed by atoms with van der Waals surface area (Å²) in [5, 5.41) is 3.57. The maximum atomic E-state index is 3.57. The Morgan fingerprint density at radius 3 is 1.88 bits per heavy atom. The van der Waals surface area contributed by atoms with Gasteiger partial charge in [0, 0.05) is 6.54 Å². The Morgan fingerprint density at radius 2 is 1.24 bits per heavy atom. The van der Waals surface area contributed by atoms with Gasteiger partial charge in [0.1, 0.15) is 0 Å². The van der Waals surface area contributed by atoms with E-state index in [-0.39, 0.29) is 0 Å². The highest BCUT2D eigenvalue weighted by atomic mass is 15.2. The van der Waals surface area contributed by atoms with Crippen LogP contribution >= 0.6 is 0 Å². The van der Waals surface area contributed by atoms with Crippen LogP contribution in [-0.2, 0) is 0 Å². The van der Waals surface area contributed by atoms with Crippen molar-refractivity contribution in [3.05, 3.63) is 48.5 Å². The fraction of sp³-hybridized carbons (Fsp3) is 0.455. The van der Waals surface area contributed by atoms with E-state index in [0.717, 1.165) is 6.54 Å². The van der Waals surface area contributed by atoms with Gasteiger partial charge in [-0.15, -0.1) is 0 Å². The molecule has 1 fully saturated rings. The third-order valence-corrected chi connectivity index (χ3v) is 5.46. The molecule has 1 N–H and O–H groups in total. The van der Waals surface area contributed by atoms with Crippen LogP contribution in [0, 0.1) is 0 Å². The number of nitrogens with one attached hydrogen (secondary N) is 1. The first-order valence-corrected chi connectivity index (χ1v) is 9.87. The lowest BCUT2D eigenvalue weighted by Crippen LogP contribution is -2.23. The van der Waals surface area contributed by atoms with Crippen molar-refractivity contribution in [3.8, 4) is 0 Å². The normalized spacial score (nSPS) is 16.4. The van der Waals surface area contributed by atoms with Crippen LogP contribution in [0.4, 0.5) is 22.7 Å². The van der Waals surface area contributed by atoms with Gasteiger partial charge in [-0.1, -0.05) is 37.1 Å². The number of hydrogen-bond donors (Lipinski definition) is 1. The second kappa shape index (κ2) is 7.92. The van der Waals surface area contributed by atoms with Gasteiger partial charge in [-0.25, -0.2) is 0 Å². The largest absolute Gasteiger partial charge is 0.352 e.